The first-order valence-corrected chi connectivity index (χ1v) is 9.44. The van der Waals surface area contributed by atoms with E-state index in [2.05, 4.69) is 10.2 Å². The summed E-state index contributed by atoms with van der Waals surface area (Å²) in [6, 6.07) is 24.2. The fraction of sp³-hybridized carbons (Fsp3) is 0.0476. The number of nitrogens with zero attached hydrogens (tertiary/aromatic N) is 3. The molecule has 0 bridgehead atoms. The van der Waals surface area contributed by atoms with E-state index in [0.29, 0.717) is 28.0 Å². The number of nitrogens with two attached hydrogens (primary N) is 1. The van der Waals surface area contributed by atoms with Crippen molar-refractivity contribution in [1.29, 1.82) is 0 Å². The number of benzene rings is 3. The molecule has 4 rings (SSSR count). The smallest absolute Gasteiger partial charge is 0.196 e. The van der Waals surface area contributed by atoms with Crippen molar-refractivity contribution in [1.82, 2.24) is 14.8 Å². The van der Waals surface area contributed by atoms with Crippen molar-refractivity contribution in [2.75, 3.05) is 5.73 Å². The molecule has 1 aromatic heterocycles. The lowest BCUT2D eigenvalue weighted by Gasteiger charge is -2.11. The molecule has 6 heteroatoms. The Kier molecular flexibility index (Phi) is 4.89. The standard InChI is InChI=1S/C21H17FN4S/c22-19-12-5-4-7-16(19)14-27-21-25-24-20(15-8-6-9-17(23)13-15)26(21)18-10-2-1-3-11-18/h1-13H,14,23H2. The van der Waals surface area contributed by atoms with E-state index in [1.807, 2.05) is 65.2 Å². The molecule has 0 unspecified atom stereocenters. The number of para-hydroxylation sites is 1. The maximum Gasteiger partial charge on any atom is 0.196 e. The van der Waals surface area contributed by atoms with Crippen LogP contribution in [0.2, 0.25) is 0 Å². The lowest BCUT2D eigenvalue weighted by Crippen LogP contribution is -2.00. The average Bonchev–Trinajstić information content (AvgIpc) is 3.12. The van der Waals surface area contributed by atoms with Gasteiger partial charge in [-0.05, 0) is 35.9 Å². The monoisotopic (exact) mass is 376 g/mol. The molecule has 4 aromatic rings. The van der Waals surface area contributed by atoms with Gasteiger partial charge >= 0.3 is 0 Å². The summed E-state index contributed by atoms with van der Waals surface area (Å²) >= 11 is 1.45. The molecule has 27 heavy (non-hydrogen) atoms. The summed E-state index contributed by atoms with van der Waals surface area (Å²) in [5.74, 6) is 0.950. The highest BCUT2D eigenvalue weighted by Gasteiger charge is 2.16. The Bertz CT molecular complexity index is 1060. The van der Waals surface area contributed by atoms with Crippen LogP contribution in [0.4, 0.5) is 10.1 Å². The zero-order chi connectivity index (χ0) is 18.6. The van der Waals surface area contributed by atoms with E-state index in [9.17, 15) is 4.39 Å². The summed E-state index contributed by atoms with van der Waals surface area (Å²) in [7, 11) is 0. The Morgan fingerprint density at radius 3 is 2.44 bits per heavy atom. The predicted octanol–water partition coefficient (Wildman–Crippen LogP) is 4.95. The number of hydrogen-bond acceptors (Lipinski definition) is 4. The van der Waals surface area contributed by atoms with Crippen LogP contribution in [0.3, 0.4) is 0 Å². The van der Waals surface area contributed by atoms with Gasteiger partial charge in [0.2, 0.25) is 0 Å². The minimum atomic E-state index is -0.216. The van der Waals surface area contributed by atoms with Gasteiger partial charge in [0.05, 0.1) is 0 Å². The molecule has 0 atom stereocenters. The molecule has 0 aliphatic rings. The van der Waals surface area contributed by atoms with Gasteiger partial charge in [-0.1, -0.05) is 60.3 Å². The van der Waals surface area contributed by atoms with Gasteiger partial charge in [0.25, 0.3) is 0 Å². The van der Waals surface area contributed by atoms with Crippen LogP contribution in [0.1, 0.15) is 5.56 Å². The highest BCUT2D eigenvalue weighted by Crippen LogP contribution is 2.30. The van der Waals surface area contributed by atoms with E-state index < -0.39 is 0 Å². The van der Waals surface area contributed by atoms with E-state index in [1.165, 1.54) is 17.8 Å². The summed E-state index contributed by atoms with van der Waals surface area (Å²) in [6.07, 6.45) is 0. The van der Waals surface area contributed by atoms with Crippen molar-refractivity contribution >= 4 is 17.4 Å². The summed E-state index contributed by atoms with van der Waals surface area (Å²) in [5.41, 5.74) is 9.06. The first kappa shape index (κ1) is 17.3. The van der Waals surface area contributed by atoms with Gasteiger partial charge in [-0.3, -0.25) is 4.57 Å². The van der Waals surface area contributed by atoms with Crippen molar-refractivity contribution in [2.24, 2.45) is 0 Å². The minimum Gasteiger partial charge on any atom is -0.399 e. The number of nitrogen functional groups attached to an aromatic ring is 1. The first-order chi connectivity index (χ1) is 13.2. The molecule has 0 aliphatic heterocycles. The maximum absolute atomic E-state index is 14.0. The second-order valence-electron chi connectivity index (χ2n) is 5.98. The highest BCUT2D eigenvalue weighted by molar-refractivity contribution is 7.98. The Morgan fingerprint density at radius 2 is 1.67 bits per heavy atom. The van der Waals surface area contributed by atoms with E-state index in [-0.39, 0.29) is 5.82 Å². The molecule has 0 spiro atoms. The van der Waals surface area contributed by atoms with Crippen molar-refractivity contribution in [3.8, 4) is 17.1 Å². The van der Waals surface area contributed by atoms with Crippen molar-refractivity contribution in [3.63, 3.8) is 0 Å². The molecule has 3 aromatic carbocycles. The fourth-order valence-electron chi connectivity index (χ4n) is 2.80. The third-order valence-corrected chi connectivity index (χ3v) is 5.08. The SMILES string of the molecule is Nc1cccc(-c2nnc(SCc3ccccc3F)n2-c2ccccc2)c1. The van der Waals surface area contributed by atoms with Crippen molar-refractivity contribution in [3.05, 3.63) is 90.2 Å². The first-order valence-electron chi connectivity index (χ1n) is 8.45. The summed E-state index contributed by atoms with van der Waals surface area (Å²) in [6.45, 7) is 0. The molecular formula is C21H17FN4S. The molecule has 134 valence electrons. The zero-order valence-corrected chi connectivity index (χ0v) is 15.2. The Balaban J connectivity index is 1.75. The molecule has 1 heterocycles. The lowest BCUT2D eigenvalue weighted by molar-refractivity contribution is 0.617. The maximum atomic E-state index is 14.0. The quantitative estimate of drug-likeness (QED) is 0.396. The summed E-state index contributed by atoms with van der Waals surface area (Å²) in [4.78, 5) is 0. The number of aromatic nitrogens is 3. The number of rotatable bonds is 5. The predicted molar refractivity (Wildman–Crippen MR) is 107 cm³/mol. The van der Waals surface area contributed by atoms with Gasteiger partial charge in [0.15, 0.2) is 11.0 Å². The minimum absolute atomic E-state index is 0.216. The molecular weight excluding hydrogens is 359 g/mol. The van der Waals surface area contributed by atoms with Crippen LogP contribution in [0.15, 0.2) is 84.0 Å². The van der Waals surface area contributed by atoms with Crippen molar-refractivity contribution < 1.29 is 4.39 Å². The molecule has 0 radical (unpaired) electrons. The van der Waals surface area contributed by atoms with Crippen LogP contribution in [0.25, 0.3) is 17.1 Å². The van der Waals surface area contributed by atoms with Crippen LogP contribution in [0.5, 0.6) is 0 Å². The largest absolute Gasteiger partial charge is 0.399 e. The van der Waals surface area contributed by atoms with Gasteiger partial charge in [-0.2, -0.15) is 0 Å². The Hall–Kier alpha value is -3.12. The van der Waals surface area contributed by atoms with E-state index >= 15 is 0 Å². The Labute approximate surface area is 160 Å². The van der Waals surface area contributed by atoms with Crippen LogP contribution < -0.4 is 5.73 Å². The second-order valence-corrected chi connectivity index (χ2v) is 6.93. The number of halogens is 1. The average molecular weight is 376 g/mol. The van der Waals surface area contributed by atoms with Gasteiger partial charge < -0.3 is 5.73 Å². The van der Waals surface area contributed by atoms with E-state index in [1.54, 1.807) is 12.1 Å². The van der Waals surface area contributed by atoms with Crippen LogP contribution >= 0.6 is 11.8 Å². The molecule has 0 amide bonds. The molecule has 4 nitrogen and oxygen atoms in total. The highest BCUT2D eigenvalue weighted by atomic mass is 32.2. The summed E-state index contributed by atoms with van der Waals surface area (Å²) < 4.78 is 15.9. The Morgan fingerprint density at radius 1 is 0.889 bits per heavy atom. The number of thioether (sulfide) groups is 1. The fourth-order valence-corrected chi connectivity index (χ4v) is 3.73. The van der Waals surface area contributed by atoms with Gasteiger partial charge in [-0.25, -0.2) is 4.39 Å². The molecule has 0 saturated carbocycles. The third kappa shape index (κ3) is 3.71. The van der Waals surface area contributed by atoms with Gasteiger partial charge in [0, 0.05) is 22.7 Å². The van der Waals surface area contributed by atoms with Crippen LogP contribution in [0, 0.1) is 5.82 Å². The third-order valence-electron chi connectivity index (χ3n) is 4.11. The molecule has 0 fully saturated rings. The normalized spacial score (nSPS) is 10.9. The lowest BCUT2D eigenvalue weighted by atomic mass is 10.2. The molecule has 0 saturated heterocycles. The number of anilines is 1. The van der Waals surface area contributed by atoms with Crippen molar-refractivity contribution in [2.45, 2.75) is 10.9 Å². The second kappa shape index (κ2) is 7.63. The summed E-state index contributed by atoms with van der Waals surface area (Å²) in [5, 5.41) is 9.43. The number of hydrogen-bond donors (Lipinski definition) is 1. The molecule has 2 N–H and O–H groups in total. The van der Waals surface area contributed by atoms with Gasteiger partial charge in [-0.15, -0.1) is 10.2 Å². The zero-order valence-electron chi connectivity index (χ0n) is 14.4. The van der Waals surface area contributed by atoms with E-state index in [4.69, 9.17) is 5.73 Å². The van der Waals surface area contributed by atoms with Crippen LogP contribution in [-0.4, -0.2) is 14.8 Å². The molecule has 0 aliphatic carbocycles. The van der Waals surface area contributed by atoms with Crippen LogP contribution in [-0.2, 0) is 5.75 Å². The topological polar surface area (TPSA) is 56.7 Å². The van der Waals surface area contributed by atoms with Gasteiger partial charge in [0.1, 0.15) is 5.82 Å². The van der Waals surface area contributed by atoms with E-state index in [0.717, 1.165) is 11.3 Å².